The molecule has 23 heavy (non-hydrogen) atoms. The number of carbonyl (C=O) groups is 1. The fourth-order valence-electron chi connectivity index (χ4n) is 2.73. The summed E-state index contributed by atoms with van der Waals surface area (Å²) in [6.45, 7) is 2.18. The van der Waals surface area contributed by atoms with Crippen LogP contribution in [0.2, 0.25) is 5.02 Å². The van der Waals surface area contributed by atoms with E-state index in [0.717, 1.165) is 34.9 Å². The molecule has 0 aliphatic heterocycles. The van der Waals surface area contributed by atoms with E-state index in [1.165, 1.54) is 24.2 Å². The number of halogens is 1. The van der Waals surface area contributed by atoms with Crippen molar-refractivity contribution in [3.63, 3.8) is 0 Å². The lowest BCUT2D eigenvalue weighted by Gasteiger charge is -2.03. The van der Waals surface area contributed by atoms with Crippen LogP contribution in [0.3, 0.4) is 0 Å². The molecule has 4 nitrogen and oxygen atoms in total. The van der Waals surface area contributed by atoms with Gasteiger partial charge in [0.05, 0.1) is 0 Å². The molecule has 1 amide bonds. The third kappa shape index (κ3) is 4.09. The van der Waals surface area contributed by atoms with Crippen LogP contribution in [0.5, 0.6) is 0 Å². The van der Waals surface area contributed by atoms with Gasteiger partial charge in [0.25, 0.3) is 0 Å². The molecule has 2 aromatic rings. The van der Waals surface area contributed by atoms with Gasteiger partial charge < -0.3 is 5.32 Å². The Hall–Kier alpha value is -1.46. The lowest BCUT2D eigenvalue weighted by Crippen LogP contribution is -2.14. The monoisotopic (exact) mass is 349 g/mol. The number of hydrogen-bond donors (Lipinski definition) is 1. The highest BCUT2D eigenvalue weighted by atomic mass is 35.5. The van der Waals surface area contributed by atoms with E-state index in [2.05, 4.69) is 22.4 Å². The van der Waals surface area contributed by atoms with Crippen molar-refractivity contribution in [2.45, 2.75) is 44.9 Å². The van der Waals surface area contributed by atoms with Crippen LogP contribution in [0.4, 0.5) is 5.13 Å². The molecule has 1 aliphatic carbocycles. The number of benzene rings is 1. The number of amides is 1. The zero-order valence-corrected chi connectivity index (χ0v) is 14.7. The number of nitrogens with zero attached hydrogens (tertiary/aromatic N) is 2. The van der Waals surface area contributed by atoms with E-state index >= 15 is 0 Å². The second kappa shape index (κ2) is 7.41. The van der Waals surface area contributed by atoms with Crippen LogP contribution in [0.25, 0.3) is 0 Å². The van der Waals surface area contributed by atoms with Crippen molar-refractivity contribution in [3.05, 3.63) is 39.9 Å². The van der Waals surface area contributed by atoms with E-state index in [1.807, 2.05) is 24.3 Å². The van der Waals surface area contributed by atoms with Gasteiger partial charge in [-0.2, -0.15) is 0 Å². The Kier molecular flexibility index (Phi) is 5.28. The summed E-state index contributed by atoms with van der Waals surface area (Å²) in [5.74, 6) is 0.231. The molecule has 1 heterocycles. The predicted octanol–water partition coefficient (Wildman–Crippen LogP) is 4.67. The third-order valence-corrected chi connectivity index (χ3v) is 5.37. The highest BCUT2D eigenvalue weighted by Gasteiger charge is 2.45. The number of anilines is 1. The van der Waals surface area contributed by atoms with Crippen LogP contribution in [-0.4, -0.2) is 16.1 Å². The Morgan fingerprint density at radius 3 is 2.96 bits per heavy atom. The first-order chi connectivity index (χ1) is 11.2. The molecule has 2 unspecified atom stereocenters. The minimum absolute atomic E-state index is 0.0117. The Labute approximate surface area is 145 Å². The molecule has 0 saturated heterocycles. The van der Waals surface area contributed by atoms with Gasteiger partial charge in [0.15, 0.2) is 0 Å². The smallest absolute Gasteiger partial charge is 0.229 e. The van der Waals surface area contributed by atoms with Gasteiger partial charge in [-0.05, 0) is 30.4 Å². The maximum atomic E-state index is 12.3. The van der Waals surface area contributed by atoms with Crippen molar-refractivity contribution in [2.24, 2.45) is 5.92 Å². The lowest BCUT2D eigenvalue weighted by atomic mass is 10.1. The zero-order chi connectivity index (χ0) is 16.2. The zero-order valence-electron chi connectivity index (χ0n) is 13.1. The Balaban J connectivity index is 1.54. The minimum atomic E-state index is -0.0117. The van der Waals surface area contributed by atoms with Crippen LogP contribution in [0, 0.1) is 5.92 Å². The van der Waals surface area contributed by atoms with Gasteiger partial charge in [-0.1, -0.05) is 60.9 Å². The first-order valence-corrected chi connectivity index (χ1v) is 9.26. The second-order valence-electron chi connectivity index (χ2n) is 5.92. The number of nitrogens with one attached hydrogen (secondary N) is 1. The fraction of sp³-hybridized carbons (Fsp3) is 0.471. The maximum absolute atomic E-state index is 12.3. The summed E-state index contributed by atoms with van der Waals surface area (Å²) in [6, 6.07) is 7.74. The van der Waals surface area contributed by atoms with Gasteiger partial charge in [0, 0.05) is 17.4 Å². The fourth-order valence-corrected chi connectivity index (χ4v) is 3.79. The molecule has 1 aliphatic rings. The van der Waals surface area contributed by atoms with E-state index < -0.39 is 0 Å². The molecule has 1 aromatic carbocycles. The van der Waals surface area contributed by atoms with Gasteiger partial charge in [0.1, 0.15) is 5.01 Å². The molecule has 122 valence electrons. The van der Waals surface area contributed by atoms with Crippen molar-refractivity contribution >= 4 is 34.0 Å². The molecule has 0 bridgehead atoms. The molecule has 1 N–H and O–H groups in total. The van der Waals surface area contributed by atoms with Gasteiger partial charge in [-0.3, -0.25) is 4.79 Å². The first-order valence-electron chi connectivity index (χ1n) is 8.06. The van der Waals surface area contributed by atoms with E-state index in [0.29, 0.717) is 5.13 Å². The summed E-state index contributed by atoms with van der Waals surface area (Å²) in [4.78, 5) is 12.3. The van der Waals surface area contributed by atoms with Crippen molar-refractivity contribution < 1.29 is 4.79 Å². The highest BCUT2D eigenvalue weighted by molar-refractivity contribution is 7.15. The molecular weight excluding hydrogens is 330 g/mol. The summed E-state index contributed by atoms with van der Waals surface area (Å²) < 4.78 is 0. The first kappa shape index (κ1) is 16.4. The van der Waals surface area contributed by atoms with E-state index in [1.54, 1.807) is 0 Å². The summed E-state index contributed by atoms with van der Waals surface area (Å²) in [7, 11) is 0. The molecule has 1 fully saturated rings. The number of rotatable bonds is 7. The summed E-state index contributed by atoms with van der Waals surface area (Å²) in [5.41, 5.74) is 1.06. The Morgan fingerprint density at radius 2 is 2.17 bits per heavy atom. The van der Waals surface area contributed by atoms with E-state index in [9.17, 15) is 4.79 Å². The minimum Gasteiger partial charge on any atom is -0.300 e. The van der Waals surface area contributed by atoms with Crippen LogP contribution < -0.4 is 5.32 Å². The average molecular weight is 350 g/mol. The Bertz CT molecular complexity index is 688. The Morgan fingerprint density at radius 1 is 1.35 bits per heavy atom. The van der Waals surface area contributed by atoms with Crippen molar-refractivity contribution in [3.8, 4) is 0 Å². The van der Waals surface area contributed by atoms with Crippen LogP contribution >= 0.6 is 22.9 Å². The van der Waals surface area contributed by atoms with Gasteiger partial charge in [-0.25, -0.2) is 0 Å². The molecule has 1 saturated carbocycles. The van der Waals surface area contributed by atoms with Crippen molar-refractivity contribution in [1.29, 1.82) is 0 Å². The van der Waals surface area contributed by atoms with E-state index in [-0.39, 0.29) is 17.7 Å². The van der Waals surface area contributed by atoms with Gasteiger partial charge in [-0.15, -0.1) is 10.2 Å². The van der Waals surface area contributed by atoms with Crippen LogP contribution in [0.15, 0.2) is 24.3 Å². The molecule has 0 radical (unpaired) electrons. The maximum Gasteiger partial charge on any atom is 0.229 e. The molecular formula is C17H20ClN3OS. The molecule has 0 spiro atoms. The molecule has 6 heteroatoms. The summed E-state index contributed by atoms with van der Waals surface area (Å²) in [6.07, 6.45) is 5.29. The summed E-state index contributed by atoms with van der Waals surface area (Å²) >= 11 is 7.68. The van der Waals surface area contributed by atoms with Gasteiger partial charge >= 0.3 is 0 Å². The highest BCUT2D eigenvalue weighted by Crippen LogP contribution is 2.50. The summed E-state index contributed by atoms with van der Waals surface area (Å²) in [5, 5.41) is 13.4. The largest absolute Gasteiger partial charge is 0.300 e. The third-order valence-electron chi connectivity index (χ3n) is 4.12. The number of aryl methyl sites for hydroxylation is 1. The number of aromatic nitrogens is 2. The molecule has 3 rings (SSSR count). The quantitative estimate of drug-likeness (QED) is 0.739. The number of hydrogen-bond acceptors (Lipinski definition) is 4. The van der Waals surface area contributed by atoms with Crippen molar-refractivity contribution in [1.82, 2.24) is 10.2 Å². The van der Waals surface area contributed by atoms with E-state index in [4.69, 9.17) is 11.6 Å². The average Bonchev–Trinajstić information content (AvgIpc) is 3.22. The van der Waals surface area contributed by atoms with Gasteiger partial charge in [0.2, 0.25) is 11.0 Å². The second-order valence-corrected chi connectivity index (χ2v) is 7.39. The standard InChI is InChI=1S/C17H20ClN3OS/c1-2-3-4-9-15-20-21-17(23-15)19-16(22)13-10-12(13)11-7-5-6-8-14(11)18/h5-8,12-13H,2-4,9-10H2,1H3,(H,19,21,22). The predicted molar refractivity (Wildman–Crippen MR) is 94.1 cm³/mol. The topological polar surface area (TPSA) is 54.9 Å². The molecule has 2 atom stereocenters. The number of carbonyl (C=O) groups excluding carboxylic acids is 1. The molecule has 1 aromatic heterocycles. The van der Waals surface area contributed by atoms with Crippen molar-refractivity contribution in [2.75, 3.05) is 5.32 Å². The normalized spacial score (nSPS) is 19.6. The SMILES string of the molecule is CCCCCc1nnc(NC(=O)C2CC2c2ccccc2Cl)s1. The van der Waals surface area contributed by atoms with Crippen LogP contribution in [-0.2, 0) is 11.2 Å². The lowest BCUT2D eigenvalue weighted by molar-refractivity contribution is -0.117. The number of unbranched alkanes of at least 4 members (excludes halogenated alkanes) is 2. The van der Waals surface area contributed by atoms with Crippen LogP contribution in [0.1, 0.15) is 49.1 Å².